The predicted molar refractivity (Wildman–Crippen MR) is 101 cm³/mol. The van der Waals surface area contributed by atoms with Crippen LogP contribution in [-0.2, 0) is 12.8 Å². The topological polar surface area (TPSA) is 53.2 Å². The molecular formula is C18H25N3OS2. The lowest BCUT2D eigenvalue weighted by Crippen LogP contribution is -2.50. The summed E-state index contributed by atoms with van der Waals surface area (Å²) in [4.78, 5) is 14.5. The van der Waals surface area contributed by atoms with Gasteiger partial charge in [0, 0.05) is 10.9 Å². The zero-order chi connectivity index (χ0) is 16.7. The molecule has 0 aromatic carbocycles. The third kappa shape index (κ3) is 3.31. The van der Waals surface area contributed by atoms with Gasteiger partial charge in [0.15, 0.2) is 5.11 Å². The Kier molecular flexibility index (Phi) is 4.52. The largest absolute Gasteiger partial charge is 0.358 e. The van der Waals surface area contributed by atoms with Gasteiger partial charge in [0.25, 0.3) is 5.91 Å². The number of amides is 1. The predicted octanol–water partition coefficient (Wildman–Crippen LogP) is 3.17. The van der Waals surface area contributed by atoms with E-state index >= 15 is 0 Å². The van der Waals surface area contributed by atoms with E-state index in [4.69, 9.17) is 12.2 Å². The zero-order valence-corrected chi connectivity index (χ0v) is 15.7. The summed E-state index contributed by atoms with van der Waals surface area (Å²) in [7, 11) is 0. The van der Waals surface area contributed by atoms with E-state index < -0.39 is 0 Å². The van der Waals surface area contributed by atoms with E-state index in [0.29, 0.717) is 11.2 Å². The van der Waals surface area contributed by atoms with E-state index in [2.05, 4.69) is 29.2 Å². The first-order valence-electron chi connectivity index (χ1n) is 9.07. The van der Waals surface area contributed by atoms with Crippen molar-refractivity contribution < 1.29 is 4.79 Å². The van der Waals surface area contributed by atoms with Gasteiger partial charge < -0.3 is 5.32 Å². The third-order valence-electron chi connectivity index (χ3n) is 5.90. The molecule has 1 amide bonds. The summed E-state index contributed by atoms with van der Waals surface area (Å²) in [6.07, 6.45) is 8.67. The normalized spacial score (nSPS) is 30.7. The molecule has 6 heteroatoms. The summed E-state index contributed by atoms with van der Waals surface area (Å²) in [5, 5.41) is 3.92. The molecule has 2 fully saturated rings. The van der Waals surface area contributed by atoms with Gasteiger partial charge in [-0.15, -0.1) is 11.3 Å². The fraction of sp³-hybridized carbons (Fsp3) is 0.667. The van der Waals surface area contributed by atoms with Crippen LogP contribution >= 0.6 is 23.6 Å². The second kappa shape index (κ2) is 6.64. The van der Waals surface area contributed by atoms with Crippen LogP contribution in [0.4, 0.5) is 0 Å². The molecule has 4 atom stereocenters. The summed E-state index contributed by atoms with van der Waals surface area (Å²) in [5.41, 5.74) is 6.99. The van der Waals surface area contributed by atoms with E-state index in [0.717, 1.165) is 35.5 Å². The first-order valence-corrected chi connectivity index (χ1v) is 10.3. The van der Waals surface area contributed by atoms with Gasteiger partial charge in [-0.3, -0.25) is 15.6 Å². The number of thiocarbonyl (C=S) groups is 1. The van der Waals surface area contributed by atoms with Crippen LogP contribution < -0.4 is 16.2 Å². The second-order valence-electron chi connectivity index (χ2n) is 7.74. The fourth-order valence-corrected chi connectivity index (χ4v) is 5.92. The molecular weight excluding hydrogens is 338 g/mol. The minimum Gasteiger partial charge on any atom is -0.358 e. The Morgan fingerprint density at radius 2 is 2.12 bits per heavy atom. The quantitative estimate of drug-likeness (QED) is 0.558. The Bertz CT molecular complexity index is 657. The molecule has 4 rings (SSSR count). The Hall–Kier alpha value is -1.14. The summed E-state index contributed by atoms with van der Waals surface area (Å²) >= 11 is 6.97. The highest BCUT2D eigenvalue weighted by Crippen LogP contribution is 2.44. The third-order valence-corrected chi connectivity index (χ3v) is 7.35. The van der Waals surface area contributed by atoms with Crippen molar-refractivity contribution in [3.63, 3.8) is 0 Å². The number of aryl methyl sites for hydroxylation is 1. The average molecular weight is 364 g/mol. The molecule has 1 heterocycles. The molecule has 2 bridgehead atoms. The Morgan fingerprint density at radius 3 is 2.88 bits per heavy atom. The summed E-state index contributed by atoms with van der Waals surface area (Å²) in [6, 6.07) is 2.54. The van der Waals surface area contributed by atoms with Crippen LogP contribution in [0.3, 0.4) is 0 Å². The van der Waals surface area contributed by atoms with Crippen LogP contribution in [0, 0.1) is 17.8 Å². The van der Waals surface area contributed by atoms with Gasteiger partial charge in [-0.2, -0.15) is 0 Å². The van der Waals surface area contributed by atoms with E-state index in [-0.39, 0.29) is 5.91 Å². The molecule has 24 heavy (non-hydrogen) atoms. The SMILES string of the molecule is C[C@@H]1CCc2sc(C(=O)NNC(=S)N[C@@H]3C[C@H]4CC[C@H]3C4)cc2C1. The highest BCUT2D eigenvalue weighted by molar-refractivity contribution is 7.80. The van der Waals surface area contributed by atoms with Crippen molar-refractivity contribution in [2.24, 2.45) is 17.8 Å². The van der Waals surface area contributed by atoms with Crippen LogP contribution in [0.2, 0.25) is 0 Å². The van der Waals surface area contributed by atoms with Crippen molar-refractivity contribution >= 4 is 34.6 Å². The molecule has 130 valence electrons. The molecule has 0 spiro atoms. The Labute approximate surface area is 152 Å². The molecule has 0 radical (unpaired) electrons. The Morgan fingerprint density at radius 1 is 1.25 bits per heavy atom. The first-order chi connectivity index (χ1) is 11.6. The fourth-order valence-electron chi connectivity index (χ4n) is 4.62. The average Bonchev–Trinajstić information content (AvgIpc) is 3.26. The maximum absolute atomic E-state index is 12.4. The van der Waals surface area contributed by atoms with Gasteiger partial charge in [-0.05, 0) is 80.1 Å². The number of hydrogen-bond donors (Lipinski definition) is 3. The molecule has 0 aliphatic heterocycles. The van der Waals surface area contributed by atoms with Gasteiger partial charge in [-0.1, -0.05) is 13.3 Å². The van der Waals surface area contributed by atoms with E-state index in [1.165, 1.54) is 42.5 Å². The number of nitrogens with one attached hydrogen (secondary N) is 3. The van der Waals surface area contributed by atoms with Crippen molar-refractivity contribution in [1.29, 1.82) is 0 Å². The molecule has 0 saturated heterocycles. The summed E-state index contributed by atoms with van der Waals surface area (Å²) in [6.45, 7) is 2.28. The zero-order valence-electron chi connectivity index (χ0n) is 14.1. The van der Waals surface area contributed by atoms with Crippen molar-refractivity contribution in [2.75, 3.05) is 0 Å². The maximum atomic E-state index is 12.4. The summed E-state index contributed by atoms with van der Waals surface area (Å²) in [5.74, 6) is 2.28. The van der Waals surface area contributed by atoms with Gasteiger partial charge in [0.05, 0.1) is 4.88 Å². The van der Waals surface area contributed by atoms with Crippen molar-refractivity contribution in [2.45, 2.75) is 57.9 Å². The lowest BCUT2D eigenvalue weighted by Gasteiger charge is -2.24. The number of carbonyl (C=O) groups excluding carboxylic acids is 1. The lowest BCUT2D eigenvalue weighted by molar-refractivity contribution is 0.0947. The maximum Gasteiger partial charge on any atom is 0.279 e. The smallest absolute Gasteiger partial charge is 0.279 e. The van der Waals surface area contributed by atoms with Crippen molar-refractivity contribution in [1.82, 2.24) is 16.2 Å². The summed E-state index contributed by atoms with van der Waals surface area (Å²) < 4.78 is 0. The first kappa shape index (κ1) is 16.3. The highest BCUT2D eigenvalue weighted by atomic mass is 32.1. The van der Waals surface area contributed by atoms with Gasteiger partial charge in [-0.25, -0.2) is 0 Å². The van der Waals surface area contributed by atoms with Gasteiger partial charge >= 0.3 is 0 Å². The Balaban J connectivity index is 1.28. The van der Waals surface area contributed by atoms with E-state index in [1.807, 2.05) is 0 Å². The number of hydrogen-bond acceptors (Lipinski definition) is 3. The molecule has 4 nitrogen and oxygen atoms in total. The minimum atomic E-state index is -0.0841. The molecule has 3 aliphatic rings. The van der Waals surface area contributed by atoms with E-state index in [1.54, 1.807) is 11.3 Å². The monoisotopic (exact) mass is 363 g/mol. The van der Waals surface area contributed by atoms with Crippen LogP contribution in [0.1, 0.15) is 59.1 Å². The van der Waals surface area contributed by atoms with Gasteiger partial charge in [0.1, 0.15) is 0 Å². The van der Waals surface area contributed by atoms with Crippen LogP contribution in [0.15, 0.2) is 6.07 Å². The number of thiophene rings is 1. The van der Waals surface area contributed by atoms with Crippen LogP contribution in [0.25, 0.3) is 0 Å². The number of rotatable bonds is 2. The number of carbonyl (C=O) groups is 1. The molecule has 1 aromatic rings. The molecule has 3 N–H and O–H groups in total. The molecule has 2 saturated carbocycles. The molecule has 0 unspecified atom stereocenters. The molecule has 3 aliphatic carbocycles. The number of hydrazine groups is 1. The van der Waals surface area contributed by atoms with Crippen molar-refractivity contribution in [3.05, 3.63) is 21.4 Å². The van der Waals surface area contributed by atoms with Crippen LogP contribution in [-0.4, -0.2) is 17.1 Å². The molecule has 1 aromatic heterocycles. The standard InChI is InChI=1S/C18H25N3OS2/c1-10-2-5-15-13(6-10)9-16(24-15)17(22)20-21-18(23)19-14-8-11-3-4-12(14)7-11/h9-12,14H,2-8H2,1H3,(H,20,22)(H2,19,21,23)/t10-,11+,12+,14-/m1/s1. The van der Waals surface area contributed by atoms with Crippen LogP contribution in [0.5, 0.6) is 0 Å². The number of fused-ring (bicyclic) bond motifs is 3. The highest BCUT2D eigenvalue weighted by Gasteiger charge is 2.39. The lowest BCUT2D eigenvalue weighted by atomic mass is 9.90. The van der Waals surface area contributed by atoms with E-state index in [9.17, 15) is 4.79 Å². The van der Waals surface area contributed by atoms with Gasteiger partial charge in [0.2, 0.25) is 0 Å². The van der Waals surface area contributed by atoms with Crippen molar-refractivity contribution in [3.8, 4) is 0 Å². The minimum absolute atomic E-state index is 0.0841. The second-order valence-corrected chi connectivity index (χ2v) is 9.29.